The van der Waals surface area contributed by atoms with Crippen LogP contribution in [0.3, 0.4) is 0 Å². The fourth-order valence-corrected chi connectivity index (χ4v) is 4.66. The topological polar surface area (TPSA) is 57.5 Å². The van der Waals surface area contributed by atoms with Crippen molar-refractivity contribution in [3.8, 4) is 0 Å². The quantitative estimate of drug-likeness (QED) is 0.742. The molecule has 6 atom stereocenters. The first-order valence-corrected chi connectivity index (χ1v) is 6.94. The molecule has 100 valence electrons. The molecule has 0 amide bonds. The smallest absolute Gasteiger partial charge is 0.158 e. The molecule has 3 rings (SSSR count). The molecule has 2 N–H and O–H groups in total. The van der Waals surface area contributed by atoms with Crippen molar-refractivity contribution in [2.75, 3.05) is 6.61 Å². The summed E-state index contributed by atoms with van der Waals surface area (Å²) in [6.07, 6.45) is 0.860. The summed E-state index contributed by atoms with van der Waals surface area (Å²) in [5.74, 6) is 1.57. The maximum absolute atomic E-state index is 12.2. The number of carbonyl (C=O) groups is 1. The zero-order valence-electron chi connectivity index (χ0n) is 11.3. The molecule has 18 heavy (non-hydrogen) atoms. The van der Waals surface area contributed by atoms with Gasteiger partial charge >= 0.3 is 0 Å². The maximum atomic E-state index is 12.2. The van der Waals surface area contributed by atoms with Gasteiger partial charge < -0.3 is 10.2 Å². The Balaban J connectivity index is 2.07. The van der Waals surface area contributed by atoms with Crippen LogP contribution < -0.4 is 0 Å². The third-order valence-electron chi connectivity index (χ3n) is 5.84. The number of hydrogen-bond donors (Lipinski definition) is 2. The average molecular weight is 250 g/mol. The molecule has 0 bridgehead atoms. The van der Waals surface area contributed by atoms with Crippen LogP contribution in [0.2, 0.25) is 0 Å². The van der Waals surface area contributed by atoms with E-state index in [0.29, 0.717) is 30.1 Å². The fourth-order valence-electron chi connectivity index (χ4n) is 4.66. The number of aliphatic hydroxyl groups excluding tert-OH is 2. The molecule has 3 nitrogen and oxygen atoms in total. The lowest BCUT2D eigenvalue weighted by molar-refractivity contribution is -0.116. The van der Waals surface area contributed by atoms with Gasteiger partial charge in [-0.1, -0.05) is 13.8 Å². The van der Waals surface area contributed by atoms with Crippen molar-refractivity contribution in [3.63, 3.8) is 0 Å². The van der Waals surface area contributed by atoms with E-state index in [-0.39, 0.29) is 17.8 Å². The molecule has 0 aromatic heterocycles. The lowest BCUT2D eigenvalue weighted by Crippen LogP contribution is -2.19. The Bertz CT molecular complexity index is 439. The molecule has 3 heteroatoms. The van der Waals surface area contributed by atoms with E-state index < -0.39 is 6.10 Å². The molecule has 6 unspecified atom stereocenters. The number of aliphatic hydroxyl groups is 2. The van der Waals surface area contributed by atoms with Crippen molar-refractivity contribution in [2.45, 2.75) is 39.7 Å². The summed E-state index contributed by atoms with van der Waals surface area (Å²) in [5.41, 5.74) is 1.67. The van der Waals surface area contributed by atoms with Crippen LogP contribution in [0.25, 0.3) is 0 Å². The van der Waals surface area contributed by atoms with E-state index in [2.05, 4.69) is 13.8 Å². The number of carbonyl (C=O) groups excluding carboxylic acids is 1. The zero-order valence-corrected chi connectivity index (χ0v) is 11.3. The van der Waals surface area contributed by atoms with E-state index >= 15 is 0 Å². The number of allylic oxidation sites excluding steroid dienone is 1. The third kappa shape index (κ3) is 1.35. The molecule has 0 aliphatic heterocycles. The zero-order chi connectivity index (χ0) is 13.2. The van der Waals surface area contributed by atoms with Crippen LogP contribution in [-0.4, -0.2) is 28.7 Å². The van der Waals surface area contributed by atoms with Gasteiger partial charge in [0.2, 0.25) is 0 Å². The minimum atomic E-state index is -0.448. The molecular formula is C15H22O3. The minimum Gasteiger partial charge on any atom is -0.396 e. The van der Waals surface area contributed by atoms with Crippen molar-refractivity contribution in [1.29, 1.82) is 0 Å². The molecule has 0 spiro atoms. The second kappa shape index (κ2) is 3.67. The van der Waals surface area contributed by atoms with Crippen molar-refractivity contribution < 1.29 is 15.0 Å². The summed E-state index contributed by atoms with van der Waals surface area (Å²) in [6, 6.07) is 0. The highest BCUT2D eigenvalue weighted by Gasteiger charge is 2.67. The van der Waals surface area contributed by atoms with Gasteiger partial charge in [-0.3, -0.25) is 4.79 Å². The van der Waals surface area contributed by atoms with E-state index in [0.717, 1.165) is 17.6 Å². The van der Waals surface area contributed by atoms with Gasteiger partial charge in [-0.15, -0.1) is 0 Å². The lowest BCUT2D eigenvalue weighted by Gasteiger charge is -2.21. The summed E-state index contributed by atoms with van der Waals surface area (Å²) in [7, 11) is 0. The van der Waals surface area contributed by atoms with Gasteiger partial charge in [0.05, 0.1) is 6.10 Å². The lowest BCUT2D eigenvalue weighted by atomic mass is 9.84. The summed E-state index contributed by atoms with van der Waals surface area (Å²) in [6.45, 7) is 6.27. The van der Waals surface area contributed by atoms with Crippen molar-refractivity contribution in [3.05, 3.63) is 11.1 Å². The van der Waals surface area contributed by atoms with E-state index in [1.165, 1.54) is 0 Å². The van der Waals surface area contributed by atoms with Gasteiger partial charge in [-0.05, 0) is 53.6 Å². The number of fused-ring (bicyclic) bond motifs is 3. The van der Waals surface area contributed by atoms with E-state index in [4.69, 9.17) is 0 Å². The molecular weight excluding hydrogens is 228 g/mol. The Morgan fingerprint density at radius 1 is 1.44 bits per heavy atom. The number of ketones is 1. The SMILES string of the molecule is CC1=C2C(O)CC(C)C2C2C(CC1=O)C2(C)CO. The number of rotatable bonds is 1. The Kier molecular flexibility index (Phi) is 2.52. The predicted molar refractivity (Wildman–Crippen MR) is 67.8 cm³/mol. The molecule has 0 aromatic carbocycles. The fraction of sp³-hybridized carbons (Fsp3) is 0.800. The van der Waals surface area contributed by atoms with Crippen LogP contribution in [0, 0.1) is 29.1 Å². The van der Waals surface area contributed by atoms with Crippen LogP contribution in [-0.2, 0) is 4.79 Å². The summed E-state index contributed by atoms with van der Waals surface area (Å²) in [4.78, 5) is 12.2. The van der Waals surface area contributed by atoms with E-state index in [9.17, 15) is 15.0 Å². The molecule has 0 aromatic rings. The van der Waals surface area contributed by atoms with Gasteiger partial charge in [0.25, 0.3) is 0 Å². The van der Waals surface area contributed by atoms with Gasteiger partial charge in [-0.2, -0.15) is 0 Å². The van der Waals surface area contributed by atoms with Crippen molar-refractivity contribution >= 4 is 5.78 Å². The summed E-state index contributed by atoms with van der Waals surface area (Å²) in [5, 5.41) is 19.8. The highest BCUT2D eigenvalue weighted by atomic mass is 16.3. The van der Waals surface area contributed by atoms with E-state index in [1.807, 2.05) is 6.92 Å². The van der Waals surface area contributed by atoms with Gasteiger partial charge in [-0.25, -0.2) is 0 Å². The predicted octanol–water partition coefficient (Wildman–Crippen LogP) is 1.54. The first-order valence-electron chi connectivity index (χ1n) is 6.94. The van der Waals surface area contributed by atoms with Crippen LogP contribution in [0.1, 0.15) is 33.6 Å². The second-order valence-corrected chi connectivity index (χ2v) is 6.76. The largest absolute Gasteiger partial charge is 0.396 e. The van der Waals surface area contributed by atoms with Crippen molar-refractivity contribution in [2.24, 2.45) is 29.1 Å². The van der Waals surface area contributed by atoms with Crippen LogP contribution in [0.5, 0.6) is 0 Å². The van der Waals surface area contributed by atoms with Crippen molar-refractivity contribution in [1.82, 2.24) is 0 Å². The number of Topliss-reactive ketones (excluding diaryl/α,β-unsaturated/α-hetero) is 1. The normalized spacial score (nSPS) is 50.9. The van der Waals surface area contributed by atoms with Crippen LogP contribution in [0.4, 0.5) is 0 Å². The Morgan fingerprint density at radius 2 is 2.11 bits per heavy atom. The van der Waals surface area contributed by atoms with Crippen LogP contribution in [0.15, 0.2) is 11.1 Å². The molecule has 3 aliphatic carbocycles. The Labute approximate surface area is 108 Å². The first kappa shape index (κ1) is 12.4. The monoisotopic (exact) mass is 250 g/mol. The molecule has 0 radical (unpaired) electrons. The van der Waals surface area contributed by atoms with Gasteiger partial charge in [0.15, 0.2) is 5.78 Å². The highest BCUT2D eigenvalue weighted by Crippen LogP contribution is 2.69. The molecule has 0 saturated heterocycles. The summed E-state index contributed by atoms with van der Waals surface area (Å²) < 4.78 is 0. The average Bonchev–Trinajstić information content (AvgIpc) is 2.80. The van der Waals surface area contributed by atoms with Gasteiger partial charge in [0, 0.05) is 13.0 Å². The maximum Gasteiger partial charge on any atom is 0.158 e. The Morgan fingerprint density at radius 3 is 2.72 bits per heavy atom. The molecule has 0 heterocycles. The highest BCUT2D eigenvalue weighted by molar-refractivity contribution is 5.97. The third-order valence-corrected chi connectivity index (χ3v) is 5.84. The number of hydrogen-bond acceptors (Lipinski definition) is 3. The van der Waals surface area contributed by atoms with Crippen LogP contribution >= 0.6 is 0 Å². The van der Waals surface area contributed by atoms with E-state index in [1.54, 1.807) is 0 Å². The standard InChI is InChI=1S/C15H22O3/c1-7-4-11(18)13-8(2)10(17)5-9-14(12(7)13)15(9,3)6-16/h7,9,11-12,14,16,18H,4-6H2,1-3H3. The first-order chi connectivity index (χ1) is 8.41. The molecule has 2 saturated carbocycles. The Hall–Kier alpha value is -0.670. The minimum absolute atomic E-state index is 0.107. The second-order valence-electron chi connectivity index (χ2n) is 6.76. The summed E-state index contributed by atoms with van der Waals surface area (Å²) >= 11 is 0. The van der Waals surface area contributed by atoms with Gasteiger partial charge in [0.1, 0.15) is 0 Å². The molecule has 3 aliphatic rings. The molecule has 2 fully saturated rings.